The molecule has 1 heterocycles. The van der Waals surface area contributed by atoms with Crippen LogP contribution in [0.1, 0.15) is 45.4 Å². The molecule has 2 amide bonds. The molecule has 1 aliphatic carbocycles. The number of piperidine rings is 1. The zero-order valence-electron chi connectivity index (χ0n) is 11.1. The number of hydrogen-bond acceptors (Lipinski definition) is 2. The van der Waals surface area contributed by atoms with E-state index in [9.17, 15) is 4.79 Å². The second kappa shape index (κ2) is 5.43. The molecule has 4 nitrogen and oxygen atoms in total. The Labute approximate surface area is 114 Å². The van der Waals surface area contributed by atoms with Crippen molar-refractivity contribution in [2.75, 3.05) is 13.1 Å². The lowest BCUT2D eigenvalue weighted by molar-refractivity contribution is 0.157. The number of thiocarbonyl (C=S) groups is 1. The Morgan fingerprint density at radius 3 is 2.39 bits per heavy atom. The third kappa shape index (κ3) is 2.94. The van der Waals surface area contributed by atoms with Gasteiger partial charge in [-0.05, 0) is 25.7 Å². The van der Waals surface area contributed by atoms with Crippen LogP contribution < -0.4 is 11.1 Å². The number of nitrogens with one attached hydrogen (secondary N) is 1. The summed E-state index contributed by atoms with van der Waals surface area (Å²) in [6.45, 7) is 3.61. The predicted molar refractivity (Wildman–Crippen MR) is 76.5 cm³/mol. The van der Waals surface area contributed by atoms with Gasteiger partial charge < -0.3 is 16.0 Å². The van der Waals surface area contributed by atoms with Crippen LogP contribution in [0.2, 0.25) is 0 Å². The molecule has 0 aromatic carbocycles. The Hall–Kier alpha value is -0.840. The molecule has 1 aliphatic heterocycles. The highest BCUT2D eigenvalue weighted by Gasteiger charge is 2.34. The Kier molecular flexibility index (Phi) is 4.10. The molecular formula is C13H23N3OS. The van der Waals surface area contributed by atoms with Gasteiger partial charge in [-0.3, -0.25) is 0 Å². The Morgan fingerprint density at radius 2 is 1.89 bits per heavy atom. The number of hydrogen-bond donors (Lipinski definition) is 2. The molecule has 0 aromatic heterocycles. The fourth-order valence-corrected chi connectivity index (χ4v) is 2.99. The third-order valence-electron chi connectivity index (χ3n) is 4.43. The summed E-state index contributed by atoms with van der Waals surface area (Å²) >= 11 is 5.11. The first kappa shape index (κ1) is 13.6. The minimum Gasteiger partial charge on any atom is -0.393 e. The highest BCUT2D eigenvalue weighted by molar-refractivity contribution is 7.80. The first-order chi connectivity index (χ1) is 8.51. The Bertz CT molecular complexity index is 331. The van der Waals surface area contributed by atoms with E-state index in [-0.39, 0.29) is 11.4 Å². The van der Waals surface area contributed by atoms with Gasteiger partial charge in [0.15, 0.2) is 0 Å². The largest absolute Gasteiger partial charge is 0.393 e. The summed E-state index contributed by atoms with van der Waals surface area (Å²) in [6.07, 6.45) is 6.49. The van der Waals surface area contributed by atoms with Crippen LogP contribution in [0.4, 0.5) is 4.79 Å². The van der Waals surface area contributed by atoms with Crippen molar-refractivity contribution >= 4 is 23.2 Å². The monoisotopic (exact) mass is 269 g/mol. The van der Waals surface area contributed by atoms with E-state index in [2.05, 4.69) is 12.2 Å². The number of nitrogens with zero attached hydrogens (tertiary/aromatic N) is 1. The molecule has 0 atom stereocenters. The lowest BCUT2D eigenvalue weighted by atomic mass is 9.80. The van der Waals surface area contributed by atoms with Crippen LogP contribution in [0.3, 0.4) is 0 Å². The lowest BCUT2D eigenvalue weighted by Gasteiger charge is -2.38. The van der Waals surface area contributed by atoms with Gasteiger partial charge in [-0.25, -0.2) is 4.79 Å². The predicted octanol–water partition coefficient (Wildman–Crippen LogP) is 2.03. The van der Waals surface area contributed by atoms with E-state index in [1.54, 1.807) is 0 Å². The number of nitrogens with two attached hydrogens (primary N) is 1. The van der Waals surface area contributed by atoms with Crippen molar-refractivity contribution in [3.63, 3.8) is 0 Å². The minimum atomic E-state index is -0.0700. The first-order valence-electron chi connectivity index (χ1n) is 6.87. The summed E-state index contributed by atoms with van der Waals surface area (Å²) in [5.74, 6) is 0. The average Bonchev–Trinajstić information content (AvgIpc) is 2.82. The fraction of sp³-hybridized carbons (Fsp3) is 0.846. The van der Waals surface area contributed by atoms with Crippen LogP contribution in [0.5, 0.6) is 0 Å². The SMILES string of the molecule is CC1(C(N)=S)CCN(C(=O)NC2CCCC2)CC1. The molecule has 0 radical (unpaired) electrons. The van der Waals surface area contributed by atoms with Crippen molar-refractivity contribution in [3.05, 3.63) is 0 Å². The maximum absolute atomic E-state index is 12.1. The molecule has 0 unspecified atom stereocenters. The van der Waals surface area contributed by atoms with Gasteiger partial charge in [0.25, 0.3) is 0 Å². The Morgan fingerprint density at radius 1 is 1.33 bits per heavy atom. The number of likely N-dealkylation sites (tertiary alicyclic amines) is 1. The summed E-state index contributed by atoms with van der Waals surface area (Å²) in [7, 11) is 0. The van der Waals surface area contributed by atoms with Crippen LogP contribution >= 0.6 is 12.2 Å². The second-order valence-corrected chi connectivity index (χ2v) is 6.28. The molecule has 0 bridgehead atoms. The normalized spacial score (nSPS) is 23.9. The summed E-state index contributed by atoms with van der Waals surface area (Å²) in [5.41, 5.74) is 5.70. The minimum absolute atomic E-state index is 0.0700. The fourth-order valence-electron chi connectivity index (χ4n) is 2.79. The highest BCUT2D eigenvalue weighted by atomic mass is 32.1. The molecule has 1 saturated carbocycles. The number of amides is 2. The molecule has 3 N–H and O–H groups in total. The maximum Gasteiger partial charge on any atom is 0.317 e. The molecule has 2 rings (SSSR count). The maximum atomic E-state index is 12.1. The van der Waals surface area contributed by atoms with Crippen LogP contribution in [-0.2, 0) is 0 Å². The average molecular weight is 269 g/mol. The summed E-state index contributed by atoms with van der Waals surface area (Å²) in [6, 6.07) is 0.480. The van der Waals surface area contributed by atoms with E-state index in [4.69, 9.17) is 18.0 Å². The van der Waals surface area contributed by atoms with Crippen LogP contribution in [0.25, 0.3) is 0 Å². The third-order valence-corrected chi connectivity index (χ3v) is 4.92. The standard InChI is InChI=1S/C13H23N3OS/c1-13(11(14)18)6-8-16(9-7-13)12(17)15-10-4-2-3-5-10/h10H,2-9H2,1H3,(H2,14,18)(H,15,17). The molecule has 0 spiro atoms. The number of carbonyl (C=O) groups excluding carboxylic acids is 1. The number of urea groups is 1. The van der Waals surface area contributed by atoms with E-state index in [1.165, 1.54) is 12.8 Å². The van der Waals surface area contributed by atoms with Gasteiger partial charge in [-0.15, -0.1) is 0 Å². The van der Waals surface area contributed by atoms with Crippen molar-refractivity contribution in [1.29, 1.82) is 0 Å². The number of rotatable bonds is 2. The molecule has 5 heteroatoms. The topological polar surface area (TPSA) is 58.4 Å². The zero-order valence-corrected chi connectivity index (χ0v) is 11.9. The summed E-state index contributed by atoms with van der Waals surface area (Å²) in [5, 5.41) is 3.13. The first-order valence-corrected chi connectivity index (χ1v) is 7.27. The van der Waals surface area contributed by atoms with Gasteiger partial charge in [-0.2, -0.15) is 0 Å². The van der Waals surface area contributed by atoms with Gasteiger partial charge in [0.2, 0.25) is 0 Å². The smallest absolute Gasteiger partial charge is 0.317 e. The molecule has 1 saturated heterocycles. The summed E-state index contributed by atoms with van der Waals surface area (Å²) < 4.78 is 0. The zero-order chi connectivity index (χ0) is 13.2. The van der Waals surface area contributed by atoms with Gasteiger partial charge in [-0.1, -0.05) is 32.0 Å². The van der Waals surface area contributed by atoms with E-state index in [0.29, 0.717) is 11.0 Å². The quantitative estimate of drug-likeness (QED) is 0.754. The van der Waals surface area contributed by atoms with Crippen molar-refractivity contribution in [2.45, 2.75) is 51.5 Å². The van der Waals surface area contributed by atoms with E-state index < -0.39 is 0 Å². The van der Waals surface area contributed by atoms with Crippen molar-refractivity contribution in [2.24, 2.45) is 11.1 Å². The van der Waals surface area contributed by atoms with Crippen LogP contribution in [-0.4, -0.2) is 35.1 Å². The number of carbonyl (C=O) groups is 1. The molecule has 102 valence electrons. The second-order valence-electron chi connectivity index (χ2n) is 5.84. The van der Waals surface area contributed by atoms with E-state index in [0.717, 1.165) is 38.8 Å². The van der Waals surface area contributed by atoms with Gasteiger partial charge >= 0.3 is 6.03 Å². The summed E-state index contributed by atoms with van der Waals surface area (Å²) in [4.78, 5) is 14.6. The molecule has 18 heavy (non-hydrogen) atoms. The van der Waals surface area contributed by atoms with Gasteiger partial charge in [0.1, 0.15) is 0 Å². The van der Waals surface area contributed by atoms with Crippen LogP contribution in [0.15, 0.2) is 0 Å². The lowest BCUT2D eigenvalue weighted by Crippen LogP contribution is -2.51. The van der Waals surface area contributed by atoms with E-state index >= 15 is 0 Å². The van der Waals surface area contributed by atoms with Gasteiger partial charge in [0, 0.05) is 24.5 Å². The molecular weight excluding hydrogens is 246 g/mol. The van der Waals surface area contributed by atoms with E-state index in [1.807, 2.05) is 4.90 Å². The van der Waals surface area contributed by atoms with Crippen molar-refractivity contribution in [3.8, 4) is 0 Å². The molecule has 2 aliphatic rings. The van der Waals surface area contributed by atoms with Crippen LogP contribution in [0, 0.1) is 5.41 Å². The highest BCUT2D eigenvalue weighted by Crippen LogP contribution is 2.31. The molecule has 2 fully saturated rings. The van der Waals surface area contributed by atoms with Crippen molar-refractivity contribution < 1.29 is 4.79 Å². The van der Waals surface area contributed by atoms with Gasteiger partial charge in [0.05, 0.1) is 4.99 Å². The van der Waals surface area contributed by atoms with Crippen molar-refractivity contribution in [1.82, 2.24) is 10.2 Å². The Balaban J connectivity index is 1.81. The molecule has 0 aromatic rings.